The average molecular weight is 206 g/mol. The van der Waals surface area contributed by atoms with Crippen LogP contribution in [0.5, 0.6) is 0 Å². The fourth-order valence-corrected chi connectivity index (χ4v) is 2.16. The van der Waals surface area contributed by atoms with E-state index in [-0.39, 0.29) is 0 Å². The number of aromatic nitrogens is 2. The molecule has 0 spiro atoms. The van der Waals surface area contributed by atoms with Crippen molar-refractivity contribution < 1.29 is 0 Å². The van der Waals surface area contributed by atoms with Gasteiger partial charge in [0.15, 0.2) is 0 Å². The lowest BCUT2D eigenvalue weighted by Gasteiger charge is -2.32. The highest BCUT2D eigenvalue weighted by molar-refractivity contribution is 5.18. The molecule has 0 saturated carbocycles. The number of nitrogens with two attached hydrogens (primary N) is 1. The molecule has 4 nitrogen and oxygen atoms in total. The second kappa shape index (κ2) is 4.68. The molecule has 0 aliphatic carbocycles. The Labute approximate surface area is 90.5 Å². The van der Waals surface area contributed by atoms with E-state index in [1.54, 1.807) is 12.4 Å². The molecule has 15 heavy (non-hydrogen) atoms. The monoisotopic (exact) mass is 206 g/mol. The van der Waals surface area contributed by atoms with E-state index in [1.165, 1.54) is 0 Å². The van der Waals surface area contributed by atoms with Gasteiger partial charge in [0.1, 0.15) is 0 Å². The molecular weight excluding hydrogens is 188 g/mol. The Balaban J connectivity index is 2.21. The summed E-state index contributed by atoms with van der Waals surface area (Å²) in [7, 11) is 2.15. The lowest BCUT2D eigenvalue weighted by molar-refractivity contribution is 0.209. The number of fused-ring (bicyclic) bond motifs is 1. The number of nitrogens with zero attached hydrogens (tertiary/aromatic N) is 3. The lowest BCUT2D eigenvalue weighted by Crippen LogP contribution is -2.33. The van der Waals surface area contributed by atoms with E-state index in [1.807, 2.05) is 0 Å². The van der Waals surface area contributed by atoms with E-state index in [4.69, 9.17) is 5.73 Å². The van der Waals surface area contributed by atoms with Gasteiger partial charge in [-0.1, -0.05) is 0 Å². The van der Waals surface area contributed by atoms with E-state index in [9.17, 15) is 0 Å². The molecule has 1 aromatic heterocycles. The van der Waals surface area contributed by atoms with Crippen LogP contribution in [0.15, 0.2) is 12.4 Å². The molecule has 0 bridgehead atoms. The summed E-state index contributed by atoms with van der Waals surface area (Å²) in [5, 5.41) is 0. The van der Waals surface area contributed by atoms with Gasteiger partial charge in [-0.15, -0.1) is 0 Å². The summed E-state index contributed by atoms with van der Waals surface area (Å²) in [6.07, 6.45) is 6.71. The zero-order valence-corrected chi connectivity index (χ0v) is 9.19. The zero-order valence-electron chi connectivity index (χ0n) is 9.19. The molecule has 1 aliphatic rings. The average Bonchev–Trinajstić information content (AvgIpc) is 2.28. The molecule has 2 heterocycles. The summed E-state index contributed by atoms with van der Waals surface area (Å²) < 4.78 is 0. The molecule has 0 saturated heterocycles. The maximum atomic E-state index is 5.56. The number of hydrogen-bond donors (Lipinski definition) is 1. The van der Waals surface area contributed by atoms with Crippen molar-refractivity contribution in [1.29, 1.82) is 0 Å². The van der Waals surface area contributed by atoms with Crippen molar-refractivity contribution in [3.8, 4) is 0 Å². The van der Waals surface area contributed by atoms with Gasteiger partial charge in [0.05, 0.1) is 17.4 Å². The summed E-state index contributed by atoms with van der Waals surface area (Å²) in [6.45, 7) is 1.82. The predicted octanol–water partition coefficient (Wildman–Crippen LogP) is 0.744. The van der Waals surface area contributed by atoms with Gasteiger partial charge in [0, 0.05) is 25.4 Å². The third-order valence-electron chi connectivity index (χ3n) is 3.04. The first-order chi connectivity index (χ1) is 7.33. The molecule has 2 N–H and O–H groups in total. The van der Waals surface area contributed by atoms with Crippen LogP contribution in [0.25, 0.3) is 0 Å². The molecule has 0 fully saturated rings. The molecule has 2 rings (SSSR count). The summed E-state index contributed by atoms with van der Waals surface area (Å²) >= 11 is 0. The fourth-order valence-electron chi connectivity index (χ4n) is 2.16. The van der Waals surface area contributed by atoms with Gasteiger partial charge in [-0.2, -0.15) is 0 Å². The molecule has 0 radical (unpaired) electrons. The molecule has 1 aliphatic heterocycles. The SMILES string of the molecule is CN1CCc2nccnc2C1CCCN. The third kappa shape index (κ3) is 2.16. The van der Waals surface area contributed by atoms with E-state index in [2.05, 4.69) is 21.9 Å². The smallest absolute Gasteiger partial charge is 0.0790 e. The minimum absolute atomic E-state index is 0.408. The van der Waals surface area contributed by atoms with Crippen molar-refractivity contribution in [3.05, 3.63) is 23.8 Å². The highest BCUT2D eigenvalue weighted by atomic mass is 15.2. The normalized spacial score (nSPS) is 21.3. The van der Waals surface area contributed by atoms with Gasteiger partial charge >= 0.3 is 0 Å². The maximum Gasteiger partial charge on any atom is 0.0790 e. The van der Waals surface area contributed by atoms with E-state index in [0.29, 0.717) is 6.04 Å². The van der Waals surface area contributed by atoms with Crippen LogP contribution < -0.4 is 5.73 Å². The molecule has 82 valence electrons. The molecule has 0 amide bonds. The first kappa shape index (κ1) is 10.5. The van der Waals surface area contributed by atoms with Crippen molar-refractivity contribution in [2.45, 2.75) is 25.3 Å². The predicted molar refractivity (Wildman–Crippen MR) is 59.4 cm³/mol. The van der Waals surface area contributed by atoms with E-state index < -0.39 is 0 Å². The van der Waals surface area contributed by atoms with Gasteiger partial charge in [0.2, 0.25) is 0 Å². The summed E-state index contributed by atoms with van der Waals surface area (Å²) in [5.41, 5.74) is 7.87. The van der Waals surface area contributed by atoms with Gasteiger partial charge in [-0.25, -0.2) is 0 Å². The number of hydrogen-bond acceptors (Lipinski definition) is 4. The van der Waals surface area contributed by atoms with Crippen LogP contribution in [0.3, 0.4) is 0 Å². The van der Waals surface area contributed by atoms with Crippen LogP contribution >= 0.6 is 0 Å². The van der Waals surface area contributed by atoms with E-state index in [0.717, 1.165) is 43.7 Å². The number of likely N-dealkylation sites (N-methyl/N-ethyl adjacent to an activating group) is 1. The zero-order chi connectivity index (χ0) is 10.7. The summed E-state index contributed by atoms with van der Waals surface area (Å²) in [5.74, 6) is 0. The quantitative estimate of drug-likeness (QED) is 0.792. The van der Waals surface area contributed by atoms with Gasteiger partial charge in [-0.05, 0) is 26.4 Å². The Morgan fingerprint density at radius 1 is 1.47 bits per heavy atom. The minimum Gasteiger partial charge on any atom is -0.330 e. The standard InChI is InChI=1S/C11H18N4/c1-15-8-4-9-11(14-7-6-13-9)10(15)3-2-5-12/h6-7,10H,2-5,8,12H2,1H3. The van der Waals surface area contributed by atoms with Gasteiger partial charge in [0.25, 0.3) is 0 Å². The first-order valence-electron chi connectivity index (χ1n) is 5.53. The second-order valence-electron chi connectivity index (χ2n) is 4.07. The van der Waals surface area contributed by atoms with E-state index >= 15 is 0 Å². The van der Waals surface area contributed by atoms with Crippen molar-refractivity contribution in [3.63, 3.8) is 0 Å². The highest BCUT2D eigenvalue weighted by Gasteiger charge is 2.25. The van der Waals surface area contributed by atoms with Crippen LogP contribution in [0.1, 0.15) is 30.3 Å². The molecule has 4 heteroatoms. The molecule has 1 unspecified atom stereocenters. The van der Waals surface area contributed by atoms with Gasteiger partial charge in [-0.3, -0.25) is 14.9 Å². The Hall–Kier alpha value is -1.00. The Bertz CT molecular complexity index is 326. The minimum atomic E-state index is 0.408. The molecule has 0 aromatic carbocycles. The summed E-state index contributed by atoms with van der Waals surface area (Å²) in [6, 6.07) is 0.408. The largest absolute Gasteiger partial charge is 0.330 e. The van der Waals surface area contributed by atoms with Crippen molar-refractivity contribution in [2.24, 2.45) is 5.73 Å². The molecule has 1 aromatic rings. The van der Waals surface area contributed by atoms with Crippen molar-refractivity contribution >= 4 is 0 Å². The first-order valence-corrected chi connectivity index (χ1v) is 5.53. The Morgan fingerprint density at radius 2 is 2.27 bits per heavy atom. The van der Waals surface area contributed by atoms with Crippen LogP contribution in [0.2, 0.25) is 0 Å². The highest BCUT2D eigenvalue weighted by Crippen LogP contribution is 2.28. The summed E-state index contributed by atoms with van der Waals surface area (Å²) in [4.78, 5) is 11.2. The van der Waals surface area contributed by atoms with Crippen molar-refractivity contribution in [1.82, 2.24) is 14.9 Å². The van der Waals surface area contributed by atoms with Crippen LogP contribution in [-0.4, -0.2) is 35.0 Å². The molecule has 1 atom stereocenters. The Kier molecular flexibility index (Phi) is 3.28. The van der Waals surface area contributed by atoms with Gasteiger partial charge < -0.3 is 5.73 Å². The topological polar surface area (TPSA) is 55.0 Å². The van der Waals surface area contributed by atoms with Crippen LogP contribution in [-0.2, 0) is 6.42 Å². The lowest BCUT2D eigenvalue weighted by atomic mass is 9.98. The van der Waals surface area contributed by atoms with Crippen LogP contribution in [0, 0.1) is 0 Å². The Morgan fingerprint density at radius 3 is 3.07 bits per heavy atom. The number of rotatable bonds is 3. The third-order valence-corrected chi connectivity index (χ3v) is 3.04. The fraction of sp³-hybridized carbons (Fsp3) is 0.636. The maximum absolute atomic E-state index is 5.56. The second-order valence-corrected chi connectivity index (χ2v) is 4.07. The van der Waals surface area contributed by atoms with Crippen LogP contribution in [0.4, 0.5) is 0 Å². The molecular formula is C11H18N4. The van der Waals surface area contributed by atoms with Crippen molar-refractivity contribution in [2.75, 3.05) is 20.1 Å².